The lowest BCUT2D eigenvalue weighted by Crippen LogP contribution is -2.36. The van der Waals surface area contributed by atoms with Crippen molar-refractivity contribution in [2.45, 2.75) is 5.38 Å². The number of allylic oxidation sites excluding steroid dienone is 4. The Morgan fingerprint density at radius 3 is 2.72 bits per heavy atom. The molecule has 90 valence electrons. The van der Waals surface area contributed by atoms with Crippen molar-refractivity contribution < 1.29 is 9.59 Å². The number of fused-ring (bicyclic) bond motifs is 2. The normalized spacial score (nSPS) is 25.6. The number of hydrogen-bond acceptors (Lipinski definition) is 2. The van der Waals surface area contributed by atoms with E-state index in [2.05, 4.69) is 0 Å². The largest absolute Gasteiger partial charge is 0.293 e. The van der Waals surface area contributed by atoms with Crippen LogP contribution in [0.5, 0.6) is 0 Å². The third kappa shape index (κ3) is 1.49. The molecule has 4 heteroatoms. The highest BCUT2D eigenvalue weighted by molar-refractivity contribution is 6.38. The van der Waals surface area contributed by atoms with Crippen LogP contribution < -0.4 is 0 Å². The summed E-state index contributed by atoms with van der Waals surface area (Å²) in [5, 5.41) is -0.167. The lowest BCUT2D eigenvalue weighted by Gasteiger charge is -2.29. The molecule has 0 amide bonds. The fourth-order valence-electron chi connectivity index (χ4n) is 2.43. The number of ketones is 2. The Labute approximate surface area is 114 Å². The maximum Gasteiger partial charge on any atom is 0.192 e. The van der Waals surface area contributed by atoms with E-state index in [0.717, 1.165) is 0 Å². The van der Waals surface area contributed by atoms with Crippen molar-refractivity contribution in [1.82, 2.24) is 0 Å². The third-order valence-corrected chi connectivity index (χ3v) is 3.99. The first kappa shape index (κ1) is 11.7. The lowest BCUT2D eigenvalue weighted by atomic mass is 9.74. The van der Waals surface area contributed by atoms with E-state index >= 15 is 0 Å². The van der Waals surface area contributed by atoms with Gasteiger partial charge in [-0.1, -0.05) is 42.0 Å². The van der Waals surface area contributed by atoms with E-state index in [0.29, 0.717) is 21.7 Å². The van der Waals surface area contributed by atoms with Crippen LogP contribution in [-0.4, -0.2) is 16.9 Å². The molecule has 0 fully saturated rings. The van der Waals surface area contributed by atoms with Gasteiger partial charge in [0.2, 0.25) is 0 Å². The third-order valence-electron chi connectivity index (χ3n) is 3.28. The van der Waals surface area contributed by atoms with E-state index in [1.54, 1.807) is 36.4 Å². The van der Waals surface area contributed by atoms with Crippen molar-refractivity contribution in [3.05, 3.63) is 58.1 Å². The van der Waals surface area contributed by atoms with E-state index < -0.39 is 11.3 Å². The van der Waals surface area contributed by atoms with Crippen molar-refractivity contribution in [1.29, 1.82) is 0 Å². The number of Topliss-reactive ketones (excluding diaryl/α,β-unsaturated/α-hetero) is 2. The monoisotopic (exact) mass is 278 g/mol. The van der Waals surface area contributed by atoms with Crippen LogP contribution in [0.25, 0.3) is 0 Å². The predicted molar refractivity (Wildman–Crippen MR) is 70.5 cm³/mol. The topological polar surface area (TPSA) is 34.1 Å². The molecule has 0 saturated heterocycles. The molecule has 3 rings (SSSR count). The highest BCUT2D eigenvalue weighted by atomic mass is 35.5. The number of carbonyl (C=O) groups is 2. The summed E-state index contributed by atoms with van der Waals surface area (Å²) in [4.78, 5) is 24.8. The molecule has 0 spiro atoms. The maximum atomic E-state index is 12.4. The maximum absolute atomic E-state index is 12.4. The molecular formula is C14H8Cl2O2. The molecule has 18 heavy (non-hydrogen) atoms. The predicted octanol–water partition coefficient (Wildman–Crippen LogP) is 3.44. The van der Waals surface area contributed by atoms with Gasteiger partial charge in [-0.05, 0) is 6.07 Å². The second kappa shape index (κ2) is 4.08. The zero-order valence-electron chi connectivity index (χ0n) is 9.19. The van der Waals surface area contributed by atoms with Gasteiger partial charge in [0.1, 0.15) is 0 Å². The summed E-state index contributed by atoms with van der Waals surface area (Å²) >= 11 is 12.1. The molecule has 0 bridgehead atoms. The quantitative estimate of drug-likeness (QED) is 0.682. The van der Waals surface area contributed by atoms with Crippen molar-refractivity contribution in [3.8, 4) is 0 Å². The van der Waals surface area contributed by atoms with E-state index in [1.165, 1.54) is 0 Å². The highest BCUT2D eigenvalue weighted by Crippen LogP contribution is 2.38. The lowest BCUT2D eigenvalue weighted by molar-refractivity contribution is 0.0884. The van der Waals surface area contributed by atoms with Gasteiger partial charge in [-0.15, -0.1) is 11.6 Å². The molecule has 0 saturated carbocycles. The number of hydrogen-bond donors (Lipinski definition) is 0. The van der Waals surface area contributed by atoms with Crippen molar-refractivity contribution in [3.63, 3.8) is 0 Å². The van der Waals surface area contributed by atoms with Crippen LogP contribution >= 0.6 is 23.2 Å². The molecule has 2 atom stereocenters. The SMILES string of the molecule is O=C1C2=CC=CC(Cl)C2C(=O)c2cccc(Cl)c21. The minimum atomic E-state index is -0.588. The smallest absolute Gasteiger partial charge is 0.192 e. The number of rotatable bonds is 0. The Hall–Kier alpha value is -1.38. The molecule has 0 radical (unpaired) electrons. The summed E-state index contributed by atoms with van der Waals surface area (Å²) in [7, 11) is 0. The second-order valence-electron chi connectivity index (χ2n) is 4.28. The van der Waals surface area contributed by atoms with E-state index in [-0.39, 0.29) is 11.6 Å². The Morgan fingerprint density at radius 1 is 1.17 bits per heavy atom. The molecular weight excluding hydrogens is 271 g/mol. The number of alkyl halides is 1. The van der Waals surface area contributed by atoms with Crippen molar-refractivity contribution in [2.24, 2.45) is 5.92 Å². The zero-order valence-corrected chi connectivity index (χ0v) is 10.7. The fraction of sp³-hybridized carbons (Fsp3) is 0.143. The van der Waals surface area contributed by atoms with E-state index in [9.17, 15) is 9.59 Å². The van der Waals surface area contributed by atoms with Crippen LogP contribution in [0.15, 0.2) is 42.0 Å². The van der Waals surface area contributed by atoms with Gasteiger partial charge in [-0.2, -0.15) is 0 Å². The minimum Gasteiger partial charge on any atom is -0.293 e. The van der Waals surface area contributed by atoms with E-state index in [4.69, 9.17) is 23.2 Å². The average Bonchev–Trinajstić information content (AvgIpc) is 2.35. The Bertz CT molecular complexity index is 629. The first-order chi connectivity index (χ1) is 8.61. The molecule has 2 aliphatic carbocycles. The van der Waals surface area contributed by atoms with E-state index in [1.807, 2.05) is 0 Å². The number of benzene rings is 1. The molecule has 2 unspecified atom stereocenters. The van der Waals surface area contributed by atoms with Crippen LogP contribution in [0.2, 0.25) is 5.02 Å². The van der Waals surface area contributed by atoms with Crippen LogP contribution in [0.3, 0.4) is 0 Å². The zero-order chi connectivity index (χ0) is 12.9. The van der Waals surface area contributed by atoms with Crippen LogP contribution in [-0.2, 0) is 0 Å². The molecule has 0 N–H and O–H groups in total. The van der Waals surface area contributed by atoms with Crippen LogP contribution in [0.1, 0.15) is 20.7 Å². The molecule has 1 aromatic carbocycles. The summed E-state index contributed by atoms with van der Waals surface area (Å²) < 4.78 is 0. The van der Waals surface area contributed by atoms with Gasteiger partial charge in [-0.25, -0.2) is 0 Å². The standard InChI is InChI=1S/C14H8Cl2O2/c15-9-5-1-3-7-11(9)14(18)8-4-2-6-10(16)12(8)13(7)17/h1-6,9,11H. The molecule has 0 aromatic heterocycles. The fourth-order valence-corrected chi connectivity index (χ4v) is 3.02. The molecule has 0 heterocycles. The van der Waals surface area contributed by atoms with Gasteiger partial charge in [0.05, 0.1) is 21.9 Å². The van der Waals surface area contributed by atoms with Crippen LogP contribution in [0.4, 0.5) is 0 Å². The molecule has 2 nitrogen and oxygen atoms in total. The molecule has 1 aromatic rings. The first-order valence-electron chi connectivity index (χ1n) is 5.51. The van der Waals surface area contributed by atoms with Crippen LogP contribution in [0, 0.1) is 5.92 Å². The van der Waals surface area contributed by atoms with Gasteiger partial charge in [0, 0.05) is 11.1 Å². The van der Waals surface area contributed by atoms with Crippen molar-refractivity contribution >= 4 is 34.8 Å². The Kier molecular flexibility index (Phi) is 2.65. The summed E-state index contributed by atoms with van der Waals surface area (Å²) in [6.07, 6.45) is 5.07. The summed E-state index contributed by atoms with van der Waals surface area (Å²) in [5.74, 6) is -0.923. The Balaban J connectivity index is 2.28. The minimum absolute atomic E-state index is 0.136. The van der Waals surface area contributed by atoms with Gasteiger partial charge in [0.25, 0.3) is 0 Å². The molecule has 0 aliphatic heterocycles. The van der Waals surface area contributed by atoms with Gasteiger partial charge in [0.15, 0.2) is 11.6 Å². The first-order valence-corrected chi connectivity index (χ1v) is 6.32. The number of carbonyl (C=O) groups excluding carboxylic acids is 2. The average molecular weight is 279 g/mol. The molecule has 2 aliphatic rings. The van der Waals surface area contributed by atoms with Gasteiger partial charge >= 0.3 is 0 Å². The summed E-state index contributed by atoms with van der Waals surface area (Å²) in [6.45, 7) is 0. The van der Waals surface area contributed by atoms with Crippen molar-refractivity contribution in [2.75, 3.05) is 0 Å². The summed E-state index contributed by atoms with van der Waals surface area (Å²) in [5.41, 5.74) is 1.10. The van der Waals surface area contributed by atoms with Gasteiger partial charge < -0.3 is 0 Å². The Morgan fingerprint density at radius 2 is 1.94 bits per heavy atom. The van der Waals surface area contributed by atoms with Gasteiger partial charge in [-0.3, -0.25) is 9.59 Å². The second-order valence-corrected chi connectivity index (χ2v) is 5.20. The summed E-state index contributed by atoms with van der Waals surface area (Å²) in [6, 6.07) is 4.91. The highest BCUT2D eigenvalue weighted by Gasteiger charge is 2.41. The number of halogens is 2.